The molecule has 1 fully saturated rings. The fourth-order valence-corrected chi connectivity index (χ4v) is 2.41. The lowest BCUT2D eigenvalue weighted by Crippen LogP contribution is -2.50. The quantitative estimate of drug-likeness (QED) is 0.875. The molecule has 0 unspecified atom stereocenters. The summed E-state index contributed by atoms with van der Waals surface area (Å²) in [4.78, 5) is 12.3. The third-order valence-electron chi connectivity index (χ3n) is 3.53. The smallest absolute Gasteiger partial charge is 0.230 e. The molecule has 18 heavy (non-hydrogen) atoms. The zero-order valence-electron chi connectivity index (χ0n) is 10.8. The Hall–Kier alpha value is -1.06. The van der Waals surface area contributed by atoms with Crippen molar-refractivity contribution in [2.75, 3.05) is 19.6 Å². The Bertz CT molecular complexity index is 441. The molecule has 1 heterocycles. The van der Waals surface area contributed by atoms with Crippen molar-refractivity contribution >= 4 is 17.5 Å². The Morgan fingerprint density at radius 2 is 2.11 bits per heavy atom. The minimum absolute atomic E-state index is 0.0301. The van der Waals surface area contributed by atoms with Gasteiger partial charge in [-0.15, -0.1) is 0 Å². The Labute approximate surface area is 113 Å². The fraction of sp³-hybridized carbons (Fsp3) is 0.500. The minimum Gasteiger partial charge on any atom is -0.355 e. The van der Waals surface area contributed by atoms with Gasteiger partial charge in [-0.2, -0.15) is 0 Å². The van der Waals surface area contributed by atoms with Gasteiger partial charge in [0.15, 0.2) is 0 Å². The van der Waals surface area contributed by atoms with Gasteiger partial charge in [-0.05, 0) is 25.5 Å². The van der Waals surface area contributed by atoms with Crippen LogP contribution in [-0.4, -0.2) is 25.5 Å². The van der Waals surface area contributed by atoms with Gasteiger partial charge in [-0.25, -0.2) is 0 Å². The monoisotopic (exact) mass is 266 g/mol. The molecule has 0 saturated carbocycles. The van der Waals surface area contributed by atoms with Gasteiger partial charge in [0.05, 0.1) is 5.41 Å². The molecule has 3 nitrogen and oxygen atoms in total. The molecule has 1 aliphatic rings. The SMILES string of the molecule is CC(C)(C(=O)NCC1CNC1)c1ccccc1Cl. The van der Waals surface area contributed by atoms with E-state index in [1.165, 1.54) is 0 Å². The third-order valence-corrected chi connectivity index (χ3v) is 3.86. The van der Waals surface area contributed by atoms with Crippen molar-refractivity contribution in [2.24, 2.45) is 5.92 Å². The van der Waals surface area contributed by atoms with Crippen LogP contribution < -0.4 is 10.6 Å². The molecule has 0 aromatic heterocycles. The summed E-state index contributed by atoms with van der Waals surface area (Å²) >= 11 is 6.16. The van der Waals surface area contributed by atoms with E-state index in [0.717, 1.165) is 25.2 Å². The van der Waals surface area contributed by atoms with Gasteiger partial charge in [0.25, 0.3) is 0 Å². The highest BCUT2D eigenvalue weighted by atomic mass is 35.5. The zero-order valence-corrected chi connectivity index (χ0v) is 11.6. The predicted octanol–water partition coefficient (Wildman–Crippen LogP) is 1.95. The van der Waals surface area contributed by atoms with Crippen LogP contribution >= 0.6 is 11.6 Å². The second-order valence-electron chi connectivity index (χ2n) is 5.34. The van der Waals surface area contributed by atoms with E-state index < -0.39 is 5.41 Å². The van der Waals surface area contributed by atoms with E-state index in [1.807, 2.05) is 38.1 Å². The molecule has 2 N–H and O–H groups in total. The van der Waals surface area contributed by atoms with E-state index in [-0.39, 0.29) is 5.91 Å². The number of benzene rings is 1. The molecule has 4 heteroatoms. The van der Waals surface area contributed by atoms with Crippen LogP contribution in [0.5, 0.6) is 0 Å². The largest absolute Gasteiger partial charge is 0.355 e. The number of halogens is 1. The molecule has 98 valence electrons. The average Bonchev–Trinajstić information content (AvgIpc) is 2.27. The lowest BCUT2D eigenvalue weighted by molar-refractivity contribution is -0.125. The summed E-state index contributed by atoms with van der Waals surface area (Å²) in [6, 6.07) is 7.51. The van der Waals surface area contributed by atoms with Crippen molar-refractivity contribution in [2.45, 2.75) is 19.3 Å². The van der Waals surface area contributed by atoms with Crippen LogP contribution in [0, 0.1) is 5.92 Å². The lowest BCUT2D eigenvalue weighted by atomic mass is 9.83. The van der Waals surface area contributed by atoms with Gasteiger partial charge in [0, 0.05) is 30.6 Å². The Morgan fingerprint density at radius 1 is 1.44 bits per heavy atom. The predicted molar refractivity (Wildman–Crippen MR) is 73.8 cm³/mol. The molecule has 2 rings (SSSR count). The number of carbonyl (C=O) groups excluding carboxylic acids is 1. The Kier molecular flexibility index (Phi) is 3.93. The van der Waals surface area contributed by atoms with Crippen LogP contribution in [0.3, 0.4) is 0 Å². The second kappa shape index (κ2) is 5.29. The first-order valence-electron chi connectivity index (χ1n) is 6.26. The topological polar surface area (TPSA) is 41.1 Å². The first-order valence-corrected chi connectivity index (χ1v) is 6.63. The molecule has 1 amide bonds. The van der Waals surface area contributed by atoms with Crippen molar-refractivity contribution in [1.29, 1.82) is 0 Å². The van der Waals surface area contributed by atoms with Crippen molar-refractivity contribution < 1.29 is 4.79 Å². The van der Waals surface area contributed by atoms with E-state index in [0.29, 0.717) is 10.9 Å². The summed E-state index contributed by atoms with van der Waals surface area (Å²) in [5.41, 5.74) is 0.270. The summed E-state index contributed by atoms with van der Waals surface area (Å²) in [5, 5.41) is 6.85. The van der Waals surface area contributed by atoms with Crippen LogP contribution in [0.2, 0.25) is 5.02 Å². The summed E-state index contributed by atoms with van der Waals surface area (Å²) in [5.74, 6) is 0.596. The Morgan fingerprint density at radius 3 is 2.67 bits per heavy atom. The molecule has 0 bridgehead atoms. The van der Waals surface area contributed by atoms with E-state index in [4.69, 9.17) is 11.6 Å². The van der Waals surface area contributed by atoms with Crippen molar-refractivity contribution in [1.82, 2.24) is 10.6 Å². The lowest BCUT2D eigenvalue weighted by Gasteiger charge is -2.30. The number of carbonyl (C=O) groups is 1. The minimum atomic E-state index is -0.602. The van der Waals surface area contributed by atoms with Crippen molar-refractivity contribution in [3.05, 3.63) is 34.9 Å². The summed E-state index contributed by atoms with van der Waals surface area (Å²) in [6.45, 7) is 6.53. The molecule has 1 aromatic carbocycles. The maximum absolute atomic E-state index is 12.3. The van der Waals surface area contributed by atoms with E-state index in [2.05, 4.69) is 10.6 Å². The maximum Gasteiger partial charge on any atom is 0.230 e. The van der Waals surface area contributed by atoms with E-state index in [1.54, 1.807) is 0 Å². The van der Waals surface area contributed by atoms with Gasteiger partial charge < -0.3 is 10.6 Å². The highest BCUT2D eigenvalue weighted by Crippen LogP contribution is 2.29. The van der Waals surface area contributed by atoms with Gasteiger partial charge >= 0.3 is 0 Å². The molecular formula is C14H19ClN2O. The first kappa shape index (κ1) is 13.4. The van der Waals surface area contributed by atoms with Gasteiger partial charge in [-0.3, -0.25) is 4.79 Å². The molecule has 0 spiro atoms. The third kappa shape index (κ3) is 2.68. The molecule has 1 saturated heterocycles. The molecule has 1 aromatic rings. The van der Waals surface area contributed by atoms with Crippen LogP contribution in [0.25, 0.3) is 0 Å². The number of rotatable bonds is 4. The fourth-order valence-electron chi connectivity index (χ4n) is 2.04. The molecule has 0 radical (unpaired) electrons. The molecule has 1 aliphatic heterocycles. The highest BCUT2D eigenvalue weighted by molar-refractivity contribution is 6.31. The van der Waals surface area contributed by atoms with Crippen molar-refractivity contribution in [3.8, 4) is 0 Å². The standard InChI is InChI=1S/C14H19ClN2O/c1-14(2,11-5-3-4-6-12(11)15)13(18)17-9-10-7-16-8-10/h3-6,10,16H,7-9H2,1-2H3,(H,17,18). The number of hydrogen-bond acceptors (Lipinski definition) is 2. The average molecular weight is 267 g/mol. The van der Waals surface area contributed by atoms with Gasteiger partial charge in [0.1, 0.15) is 0 Å². The summed E-state index contributed by atoms with van der Waals surface area (Å²) in [6.07, 6.45) is 0. The van der Waals surface area contributed by atoms with Gasteiger partial charge in [-0.1, -0.05) is 29.8 Å². The van der Waals surface area contributed by atoms with Gasteiger partial charge in [0.2, 0.25) is 5.91 Å². The zero-order chi connectivity index (χ0) is 13.2. The second-order valence-corrected chi connectivity index (χ2v) is 5.75. The van der Waals surface area contributed by atoms with Crippen LogP contribution in [0.1, 0.15) is 19.4 Å². The molecule has 0 aliphatic carbocycles. The summed E-state index contributed by atoms with van der Waals surface area (Å²) in [7, 11) is 0. The van der Waals surface area contributed by atoms with E-state index in [9.17, 15) is 4.79 Å². The summed E-state index contributed by atoms with van der Waals surface area (Å²) < 4.78 is 0. The number of hydrogen-bond donors (Lipinski definition) is 2. The van der Waals surface area contributed by atoms with Crippen LogP contribution in [0.15, 0.2) is 24.3 Å². The number of amides is 1. The maximum atomic E-state index is 12.3. The van der Waals surface area contributed by atoms with E-state index >= 15 is 0 Å². The highest BCUT2D eigenvalue weighted by Gasteiger charge is 2.32. The van der Waals surface area contributed by atoms with Crippen LogP contribution in [-0.2, 0) is 10.2 Å². The molecular weight excluding hydrogens is 248 g/mol. The van der Waals surface area contributed by atoms with Crippen LogP contribution in [0.4, 0.5) is 0 Å². The Balaban J connectivity index is 2.04. The number of nitrogens with one attached hydrogen (secondary N) is 2. The first-order chi connectivity index (χ1) is 8.51. The normalized spacial score (nSPS) is 16.2. The van der Waals surface area contributed by atoms with Crippen molar-refractivity contribution in [3.63, 3.8) is 0 Å². The molecule has 0 atom stereocenters.